The van der Waals surface area contributed by atoms with E-state index in [1.54, 1.807) is 7.11 Å². The number of nitrogens with zero attached hydrogens (tertiary/aromatic N) is 2. The van der Waals surface area contributed by atoms with E-state index < -0.39 is 0 Å². The molecule has 14 heavy (non-hydrogen) atoms. The van der Waals surface area contributed by atoms with E-state index in [9.17, 15) is 0 Å². The lowest BCUT2D eigenvalue weighted by molar-refractivity contribution is 0.378. The van der Waals surface area contributed by atoms with Gasteiger partial charge in [0.05, 0.1) is 7.11 Å². The van der Waals surface area contributed by atoms with E-state index in [1.165, 1.54) is 0 Å². The number of hydrogen-bond donors (Lipinski definition) is 1. The standard InChI is InChI=1S/C10H17N3O/c1-4-5-11-6-9-7-12-10(14-3)13-8(9)2/h7,11H,4-6H2,1-3H3. The molecule has 0 bridgehead atoms. The molecule has 0 saturated carbocycles. The summed E-state index contributed by atoms with van der Waals surface area (Å²) in [7, 11) is 1.57. The molecule has 1 heterocycles. The summed E-state index contributed by atoms with van der Waals surface area (Å²) in [5.74, 6) is 0. The van der Waals surface area contributed by atoms with Crippen molar-refractivity contribution in [3.05, 3.63) is 17.5 Å². The van der Waals surface area contributed by atoms with Gasteiger partial charge in [-0.15, -0.1) is 0 Å². The van der Waals surface area contributed by atoms with Crippen LogP contribution >= 0.6 is 0 Å². The lowest BCUT2D eigenvalue weighted by Crippen LogP contribution is -2.15. The zero-order chi connectivity index (χ0) is 10.4. The number of aryl methyl sites for hydroxylation is 1. The maximum atomic E-state index is 4.93. The SMILES string of the molecule is CCCNCc1cnc(OC)nc1C. The molecule has 0 aliphatic heterocycles. The van der Waals surface area contributed by atoms with Crippen LogP contribution in [-0.4, -0.2) is 23.6 Å². The number of hydrogen-bond acceptors (Lipinski definition) is 4. The highest BCUT2D eigenvalue weighted by molar-refractivity contribution is 5.17. The molecule has 0 amide bonds. The quantitative estimate of drug-likeness (QED) is 0.719. The molecule has 0 spiro atoms. The molecular weight excluding hydrogens is 178 g/mol. The minimum Gasteiger partial charge on any atom is -0.467 e. The first-order valence-corrected chi connectivity index (χ1v) is 4.85. The van der Waals surface area contributed by atoms with Crippen LogP contribution in [0.15, 0.2) is 6.20 Å². The first-order valence-electron chi connectivity index (χ1n) is 4.85. The summed E-state index contributed by atoms with van der Waals surface area (Å²) in [5.41, 5.74) is 2.10. The Morgan fingerprint density at radius 3 is 2.86 bits per heavy atom. The minimum atomic E-state index is 0.432. The summed E-state index contributed by atoms with van der Waals surface area (Å²) in [4.78, 5) is 8.26. The van der Waals surface area contributed by atoms with Gasteiger partial charge in [0.1, 0.15) is 0 Å². The molecule has 1 rings (SSSR count). The van der Waals surface area contributed by atoms with Crippen molar-refractivity contribution in [1.82, 2.24) is 15.3 Å². The highest BCUT2D eigenvalue weighted by Crippen LogP contribution is 2.07. The van der Waals surface area contributed by atoms with Crippen molar-refractivity contribution in [3.8, 4) is 6.01 Å². The molecule has 4 heteroatoms. The third-order valence-corrected chi connectivity index (χ3v) is 1.98. The second kappa shape index (κ2) is 5.54. The molecule has 4 nitrogen and oxygen atoms in total. The Bertz CT molecular complexity index is 289. The summed E-state index contributed by atoms with van der Waals surface area (Å²) in [6.45, 7) is 5.95. The van der Waals surface area contributed by atoms with E-state index in [0.29, 0.717) is 6.01 Å². The molecule has 0 aromatic carbocycles. The normalized spacial score (nSPS) is 10.2. The average molecular weight is 195 g/mol. The summed E-state index contributed by atoms with van der Waals surface area (Å²) >= 11 is 0. The second-order valence-electron chi connectivity index (χ2n) is 3.14. The van der Waals surface area contributed by atoms with Gasteiger partial charge in [0, 0.05) is 24.0 Å². The maximum Gasteiger partial charge on any atom is 0.316 e. The second-order valence-corrected chi connectivity index (χ2v) is 3.14. The number of nitrogens with one attached hydrogen (secondary N) is 1. The van der Waals surface area contributed by atoms with Crippen LogP contribution in [0.1, 0.15) is 24.6 Å². The molecule has 1 aromatic heterocycles. The van der Waals surface area contributed by atoms with Crippen molar-refractivity contribution < 1.29 is 4.74 Å². The molecule has 78 valence electrons. The van der Waals surface area contributed by atoms with Crippen molar-refractivity contribution in [2.45, 2.75) is 26.8 Å². The Kier molecular flexibility index (Phi) is 4.32. The maximum absolute atomic E-state index is 4.93. The fourth-order valence-electron chi connectivity index (χ4n) is 1.14. The molecule has 0 aliphatic carbocycles. The number of rotatable bonds is 5. The van der Waals surface area contributed by atoms with Gasteiger partial charge in [-0.1, -0.05) is 6.92 Å². The van der Waals surface area contributed by atoms with Crippen LogP contribution in [0.5, 0.6) is 6.01 Å². The van der Waals surface area contributed by atoms with Crippen LogP contribution in [-0.2, 0) is 6.54 Å². The molecule has 0 saturated heterocycles. The van der Waals surface area contributed by atoms with Crippen molar-refractivity contribution >= 4 is 0 Å². The van der Waals surface area contributed by atoms with Crippen molar-refractivity contribution in [2.75, 3.05) is 13.7 Å². The molecule has 1 N–H and O–H groups in total. The van der Waals surface area contributed by atoms with Gasteiger partial charge in [0.2, 0.25) is 0 Å². The van der Waals surface area contributed by atoms with Crippen LogP contribution in [0.4, 0.5) is 0 Å². The minimum absolute atomic E-state index is 0.432. The predicted octanol–water partition coefficient (Wildman–Crippen LogP) is 1.29. The predicted molar refractivity (Wildman–Crippen MR) is 55.3 cm³/mol. The summed E-state index contributed by atoms with van der Waals surface area (Å²) in [5, 5.41) is 3.31. The molecule has 1 aromatic rings. The largest absolute Gasteiger partial charge is 0.467 e. The Morgan fingerprint density at radius 1 is 1.50 bits per heavy atom. The molecule has 0 radical (unpaired) electrons. The monoisotopic (exact) mass is 195 g/mol. The third-order valence-electron chi connectivity index (χ3n) is 1.98. The molecule has 0 aliphatic rings. The van der Waals surface area contributed by atoms with Crippen LogP contribution in [0.25, 0.3) is 0 Å². The lowest BCUT2D eigenvalue weighted by atomic mass is 10.2. The van der Waals surface area contributed by atoms with Gasteiger partial charge >= 0.3 is 6.01 Å². The molecule has 0 unspecified atom stereocenters. The first-order chi connectivity index (χ1) is 6.77. The van der Waals surface area contributed by atoms with Gasteiger partial charge < -0.3 is 10.1 Å². The summed E-state index contributed by atoms with van der Waals surface area (Å²) in [6.07, 6.45) is 2.94. The van der Waals surface area contributed by atoms with Crippen molar-refractivity contribution in [3.63, 3.8) is 0 Å². The Morgan fingerprint density at radius 2 is 2.29 bits per heavy atom. The molecule has 0 fully saturated rings. The zero-order valence-corrected chi connectivity index (χ0v) is 9.00. The third kappa shape index (κ3) is 2.96. The van der Waals surface area contributed by atoms with Gasteiger partial charge in [0.15, 0.2) is 0 Å². The van der Waals surface area contributed by atoms with Crippen LogP contribution < -0.4 is 10.1 Å². The highest BCUT2D eigenvalue weighted by atomic mass is 16.5. The van der Waals surface area contributed by atoms with Crippen LogP contribution in [0, 0.1) is 6.92 Å². The number of methoxy groups -OCH3 is 1. The van der Waals surface area contributed by atoms with E-state index in [1.807, 2.05) is 13.1 Å². The fraction of sp³-hybridized carbons (Fsp3) is 0.600. The van der Waals surface area contributed by atoms with Gasteiger partial charge in [-0.3, -0.25) is 0 Å². The molecule has 0 atom stereocenters. The summed E-state index contributed by atoms with van der Waals surface area (Å²) in [6, 6.07) is 0.432. The number of aromatic nitrogens is 2. The summed E-state index contributed by atoms with van der Waals surface area (Å²) < 4.78 is 4.93. The van der Waals surface area contributed by atoms with Crippen molar-refractivity contribution in [1.29, 1.82) is 0 Å². The van der Waals surface area contributed by atoms with Crippen LogP contribution in [0.2, 0.25) is 0 Å². The van der Waals surface area contributed by atoms with E-state index in [4.69, 9.17) is 4.74 Å². The van der Waals surface area contributed by atoms with E-state index >= 15 is 0 Å². The van der Waals surface area contributed by atoms with Crippen molar-refractivity contribution in [2.24, 2.45) is 0 Å². The first kappa shape index (κ1) is 10.9. The van der Waals surface area contributed by atoms with Gasteiger partial charge in [0.25, 0.3) is 0 Å². The van der Waals surface area contributed by atoms with E-state index in [-0.39, 0.29) is 0 Å². The number of ether oxygens (including phenoxy) is 1. The highest BCUT2D eigenvalue weighted by Gasteiger charge is 2.02. The fourth-order valence-corrected chi connectivity index (χ4v) is 1.14. The Balaban J connectivity index is 2.59. The topological polar surface area (TPSA) is 47.0 Å². The zero-order valence-electron chi connectivity index (χ0n) is 9.00. The van der Waals surface area contributed by atoms with E-state index in [2.05, 4.69) is 22.2 Å². The van der Waals surface area contributed by atoms with Gasteiger partial charge in [-0.05, 0) is 19.9 Å². The Labute approximate surface area is 84.7 Å². The smallest absolute Gasteiger partial charge is 0.316 e. The van der Waals surface area contributed by atoms with Crippen LogP contribution in [0.3, 0.4) is 0 Å². The lowest BCUT2D eigenvalue weighted by Gasteiger charge is -2.06. The molecular formula is C10H17N3O. The Hall–Kier alpha value is -1.16. The van der Waals surface area contributed by atoms with Gasteiger partial charge in [-0.25, -0.2) is 9.97 Å². The van der Waals surface area contributed by atoms with E-state index in [0.717, 1.165) is 30.8 Å². The average Bonchev–Trinajstić information content (AvgIpc) is 2.20. The van der Waals surface area contributed by atoms with Gasteiger partial charge in [-0.2, -0.15) is 0 Å².